The molecule has 0 aromatic heterocycles. The molecule has 2 N–H and O–H groups in total. The number of rotatable bonds is 3. The normalized spacial score (nSPS) is 14.6. The van der Waals surface area contributed by atoms with E-state index in [1.54, 1.807) is 0 Å². The van der Waals surface area contributed by atoms with Gasteiger partial charge in [-0.1, -0.05) is 23.7 Å². The quantitative estimate of drug-likeness (QED) is 0.724. The molecule has 0 bridgehead atoms. The Kier molecular flexibility index (Phi) is 5.10. The molecule has 0 radical (unpaired) electrons. The van der Waals surface area contributed by atoms with Gasteiger partial charge >= 0.3 is 12.1 Å². The average Bonchev–Trinajstić information content (AvgIpc) is 2.84. The van der Waals surface area contributed by atoms with Gasteiger partial charge in [0.15, 0.2) is 5.76 Å². The number of imide groups is 1. The number of benzene rings is 2. The summed E-state index contributed by atoms with van der Waals surface area (Å²) in [6.07, 6.45) is -4.79. The van der Waals surface area contributed by atoms with Crippen molar-refractivity contribution in [3.05, 3.63) is 64.4 Å². The number of nitrogens with one attached hydrogen (secondary N) is 1. The molecule has 0 spiro atoms. The van der Waals surface area contributed by atoms with E-state index in [9.17, 15) is 32.7 Å². The highest BCUT2D eigenvalue weighted by atomic mass is 35.5. The predicted octanol–water partition coefficient (Wildman–Crippen LogP) is 4.16. The van der Waals surface area contributed by atoms with Crippen LogP contribution in [0.4, 0.5) is 24.5 Å². The van der Waals surface area contributed by atoms with Gasteiger partial charge in [0, 0.05) is 12.6 Å². The molecule has 0 aliphatic carbocycles. The monoisotopic (exact) mass is 424 g/mol. The molecule has 1 aliphatic rings. The number of alkyl halides is 3. The number of hydrogen-bond donors (Lipinski definition) is 2. The summed E-state index contributed by atoms with van der Waals surface area (Å²) in [4.78, 5) is 36.6. The number of aliphatic hydroxyl groups excluding tert-OH is 1. The molecule has 2 aromatic rings. The Morgan fingerprint density at radius 1 is 1.07 bits per heavy atom. The lowest BCUT2D eigenvalue weighted by molar-refractivity contribution is -0.137. The third-order valence-corrected chi connectivity index (χ3v) is 4.40. The first kappa shape index (κ1) is 20.4. The number of nitrogens with zero attached hydrogens (tertiary/aromatic N) is 1. The van der Waals surface area contributed by atoms with E-state index in [-0.39, 0.29) is 22.7 Å². The predicted molar refractivity (Wildman–Crippen MR) is 99.2 cm³/mol. The fraction of sp³-hybridized carbons (Fsp3) is 0.105. The van der Waals surface area contributed by atoms with Crippen molar-refractivity contribution >= 4 is 46.3 Å². The van der Waals surface area contributed by atoms with Crippen molar-refractivity contribution in [2.45, 2.75) is 13.1 Å². The van der Waals surface area contributed by atoms with E-state index in [1.165, 1.54) is 31.2 Å². The van der Waals surface area contributed by atoms with Crippen molar-refractivity contribution in [2.75, 3.05) is 10.2 Å². The van der Waals surface area contributed by atoms with Crippen LogP contribution < -0.4 is 10.2 Å². The second kappa shape index (κ2) is 7.25. The third kappa shape index (κ3) is 3.81. The zero-order valence-corrected chi connectivity index (χ0v) is 15.4. The Labute approximate surface area is 167 Å². The first-order valence-electron chi connectivity index (χ1n) is 8.07. The Morgan fingerprint density at radius 2 is 1.69 bits per heavy atom. The van der Waals surface area contributed by atoms with Crippen LogP contribution in [0.5, 0.6) is 0 Å². The zero-order valence-electron chi connectivity index (χ0n) is 14.7. The summed E-state index contributed by atoms with van der Waals surface area (Å²) < 4.78 is 39.3. The van der Waals surface area contributed by atoms with Crippen LogP contribution in [-0.2, 0) is 20.6 Å². The van der Waals surface area contributed by atoms with E-state index in [1.807, 2.05) is 0 Å². The van der Waals surface area contributed by atoms with Gasteiger partial charge in [0.25, 0.3) is 5.91 Å². The lowest BCUT2D eigenvalue weighted by atomic mass is 10.0. The summed E-state index contributed by atoms with van der Waals surface area (Å²) in [5, 5.41) is 12.1. The molecule has 6 nitrogen and oxygen atoms in total. The van der Waals surface area contributed by atoms with Gasteiger partial charge in [-0.05, 0) is 35.9 Å². The number of amides is 3. The van der Waals surface area contributed by atoms with Crippen LogP contribution in [0, 0.1) is 0 Å². The first-order valence-corrected chi connectivity index (χ1v) is 8.45. The number of carbonyl (C=O) groups excluding carboxylic acids is 3. The molecule has 0 fully saturated rings. The minimum absolute atomic E-state index is 0.155. The van der Waals surface area contributed by atoms with Crippen molar-refractivity contribution < 1.29 is 32.7 Å². The summed E-state index contributed by atoms with van der Waals surface area (Å²) >= 11 is 5.57. The fourth-order valence-corrected chi connectivity index (χ4v) is 3.03. The lowest BCUT2D eigenvalue weighted by Gasteiger charge is -2.17. The van der Waals surface area contributed by atoms with Crippen LogP contribution in [0.2, 0.25) is 5.02 Å². The van der Waals surface area contributed by atoms with E-state index >= 15 is 0 Å². The highest BCUT2D eigenvalue weighted by Crippen LogP contribution is 2.39. The van der Waals surface area contributed by atoms with Crippen molar-refractivity contribution in [1.29, 1.82) is 0 Å². The maximum atomic E-state index is 13.1. The number of aliphatic hydroxyl groups is 1. The van der Waals surface area contributed by atoms with Crippen LogP contribution in [0.1, 0.15) is 18.1 Å². The van der Waals surface area contributed by atoms with Crippen molar-refractivity contribution in [2.24, 2.45) is 0 Å². The molecule has 0 saturated carbocycles. The number of halogens is 4. The van der Waals surface area contributed by atoms with E-state index in [0.717, 1.165) is 12.1 Å². The maximum Gasteiger partial charge on any atom is 0.417 e. The molecular formula is C19H12ClF3N2O4. The molecule has 1 aliphatic heterocycles. The lowest BCUT2D eigenvalue weighted by Crippen LogP contribution is -2.31. The summed E-state index contributed by atoms with van der Waals surface area (Å²) in [5.74, 6) is -3.37. The fourth-order valence-electron chi connectivity index (χ4n) is 2.81. The minimum atomic E-state index is -4.79. The van der Waals surface area contributed by atoms with Crippen molar-refractivity contribution in [1.82, 2.24) is 0 Å². The summed E-state index contributed by atoms with van der Waals surface area (Å²) in [7, 11) is 0. The zero-order chi connectivity index (χ0) is 21.5. The van der Waals surface area contributed by atoms with Gasteiger partial charge in [0.1, 0.15) is 0 Å². The number of anilines is 2. The summed E-state index contributed by atoms with van der Waals surface area (Å²) in [5.41, 5.74) is -1.39. The minimum Gasteiger partial charge on any atom is -0.502 e. The summed E-state index contributed by atoms with van der Waals surface area (Å²) in [6, 6.07) is 8.21. The Balaban J connectivity index is 1.98. The average molecular weight is 425 g/mol. The molecule has 150 valence electrons. The van der Waals surface area contributed by atoms with Crippen molar-refractivity contribution in [3.63, 3.8) is 0 Å². The van der Waals surface area contributed by atoms with E-state index in [4.69, 9.17) is 11.6 Å². The van der Waals surface area contributed by atoms with Gasteiger partial charge in [-0.25, -0.2) is 4.90 Å². The molecular weight excluding hydrogens is 413 g/mol. The molecule has 0 atom stereocenters. The van der Waals surface area contributed by atoms with E-state index < -0.39 is 34.3 Å². The molecule has 29 heavy (non-hydrogen) atoms. The standard InChI is InChI=1S/C19H12ClF3N2O4/c1-9(26)24-11-4-2-10(3-5-11)15-16(27)18(29)25(17(15)28)12-6-7-14(20)13(8-12)19(21,22)23/h2-8,27H,1H3,(H,24,26). The Hall–Kier alpha value is -3.33. The van der Waals surface area contributed by atoms with Crippen molar-refractivity contribution in [3.8, 4) is 0 Å². The largest absolute Gasteiger partial charge is 0.502 e. The van der Waals surface area contributed by atoms with Crippen LogP contribution in [0.3, 0.4) is 0 Å². The number of hydrogen-bond acceptors (Lipinski definition) is 4. The second-order valence-electron chi connectivity index (χ2n) is 6.09. The van der Waals surface area contributed by atoms with Gasteiger partial charge in [-0.3, -0.25) is 14.4 Å². The molecule has 10 heteroatoms. The van der Waals surface area contributed by atoms with Crippen LogP contribution in [0.15, 0.2) is 48.2 Å². The highest BCUT2D eigenvalue weighted by molar-refractivity contribution is 6.45. The van der Waals surface area contributed by atoms with E-state index in [2.05, 4.69) is 5.32 Å². The molecule has 0 saturated heterocycles. The van der Waals surface area contributed by atoms with Gasteiger partial charge in [0.2, 0.25) is 5.91 Å². The van der Waals surface area contributed by atoms with Gasteiger partial charge in [-0.2, -0.15) is 13.2 Å². The second-order valence-corrected chi connectivity index (χ2v) is 6.50. The topological polar surface area (TPSA) is 86.7 Å². The molecule has 3 rings (SSSR count). The van der Waals surface area contributed by atoms with Crippen LogP contribution in [0.25, 0.3) is 5.57 Å². The third-order valence-electron chi connectivity index (χ3n) is 4.07. The van der Waals surface area contributed by atoms with Gasteiger partial charge in [0.05, 0.1) is 21.8 Å². The summed E-state index contributed by atoms with van der Waals surface area (Å²) in [6.45, 7) is 1.31. The smallest absolute Gasteiger partial charge is 0.417 e. The Bertz CT molecular complexity index is 1060. The van der Waals surface area contributed by atoms with Gasteiger partial charge < -0.3 is 10.4 Å². The number of carbonyl (C=O) groups is 3. The molecule has 2 aromatic carbocycles. The van der Waals surface area contributed by atoms with Gasteiger partial charge in [-0.15, -0.1) is 0 Å². The molecule has 0 unspecified atom stereocenters. The van der Waals surface area contributed by atoms with E-state index in [0.29, 0.717) is 16.7 Å². The maximum absolute atomic E-state index is 13.1. The van der Waals surface area contributed by atoms with Crippen LogP contribution >= 0.6 is 11.6 Å². The molecule has 3 amide bonds. The SMILES string of the molecule is CC(=O)Nc1ccc(C2=C(O)C(=O)N(c3ccc(Cl)c(C(F)(F)F)c3)C2=O)cc1. The first-order chi connectivity index (χ1) is 13.5. The Morgan fingerprint density at radius 3 is 2.24 bits per heavy atom. The highest BCUT2D eigenvalue weighted by Gasteiger charge is 2.41. The molecule has 1 heterocycles. The van der Waals surface area contributed by atoms with Crippen LogP contribution in [-0.4, -0.2) is 22.8 Å².